The molecule has 0 unspecified atom stereocenters. The zero-order chi connectivity index (χ0) is 25.3. The van der Waals surface area contributed by atoms with Crippen LogP contribution in [-0.4, -0.2) is 66.5 Å². The number of aliphatic hydroxyl groups is 3. The Balaban J connectivity index is 1.74. The minimum Gasteiger partial charge on any atom is -0.504 e. The molecule has 3 aromatic rings. The molecule has 0 amide bonds. The zero-order valence-electron chi connectivity index (χ0n) is 18.0. The molecule has 0 atom stereocenters. The highest BCUT2D eigenvalue weighted by atomic mass is 79.9. The number of piperidine rings is 1. The smallest absolute Gasteiger partial charge is 0.453 e. The molecule has 1 saturated heterocycles. The quantitative estimate of drug-likeness (QED) is 0.120. The van der Waals surface area contributed by atoms with Gasteiger partial charge in [0.2, 0.25) is 0 Å². The van der Waals surface area contributed by atoms with Crippen LogP contribution in [0.25, 0.3) is 10.9 Å². The monoisotopic (exact) mass is 556 g/mol. The van der Waals surface area contributed by atoms with Crippen LogP contribution in [0.1, 0.15) is 12.8 Å². The number of anilines is 2. The predicted octanol–water partition coefficient (Wildman–Crippen LogP) is 1.74. The first-order chi connectivity index (χ1) is 16.5. The van der Waals surface area contributed by atoms with E-state index in [0.29, 0.717) is 6.61 Å². The van der Waals surface area contributed by atoms with E-state index in [2.05, 4.69) is 36.5 Å². The number of phenolic OH excluding ortho intramolecular Hbond substituents is 3. The van der Waals surface area contributed by atoms with Gasteiger partial charge in [-0.1, -0.05) is 0 Å². The number of ether oxygens (including phenoxy) is 2. The Kier molecular flexibility index (Phi) is 7.00. The van der Waals surface area contributed by atoms with Crippen LogP contribution < -0.4 is 20.1 Å². The van der Waals surface area contributed by atoms with Crippen LogP contribution in [0, 0.1) is 11.7 Å². The second-order valence-electron chi connectivity index (χ2n) is 7.89. The molecule has 8 N–H and O–H groups in total. The Morgan fingerprint density at radius 1 is 1.06 bits per heavy atom. The fourth-order valence-electron chi connectivity index (χ4n) is 3.65. The highest BCUT2D eigenvalue weighted by Gasteiger charge is 2.27. The largest absolute Gasteiger partial charge is 0.504 e. The van der Waals surface area contributed by atoms with Gasteiger partial charge >= 0.3 is 6.16 Å². The Hall–Kier alpha value is -3.17. The Morgan fingerprint density at radius 3 is 2.46 bits per heavy atom. The van der Waals surface area contributed by atoms with Crippen LogP contribution >= 0.6 is 15.9 Å². The van der Waals surface area contributed by atoms with Crippen molar-refractivity contribution in [3.63, 3.8) is 0 Å². The number of nitrogens with one attached hydrogen (secondary N) is 2. The van der Waals surface area contributed by atoms with E-state index in [-0.39, 0.29) is 34.1 Å². The van der Waals surface area contributed by atoms with E-state index in [9.17, 15) is 35.0 Å². The van der Waals surface area contributed by atoms with Crippen molar-refractivity contribution in [1.29, 1.82) is 0 Å². The van der Waals surface area contributed by atoms with E-state index >= 15 is 0 Å². The van der Waals surface area contributed by atoms with Crippen LogP contribution in [0.5, 0.6) is 28.7 Å². The summed E-state index contributed by atoms with van der Waals surface area (Å²) in [7, 11) is 0. The van der Waals surface area contributed by atoms with Crippen LogP contribution in [0.15, 0.2) is 22.9 Å². The molecular weight excluding hydrogens is 535 g/mol. The van der Waals surface area contributed by atoms with Gasteiger partial charge in [0.1, 0.15) is 22.3 Å². The molecule has 0 bridgehead atoms. The van der Waals surface area contributed by atoms with Gasteiger partial charge < -0.3 is 50.7 Å². The second-order valence-corrected chi connectivity index (χ2v) is 8.69. The maximum absolute atomic E-state index is 14.6. The number of benzene rings is 2. The fraction of sp³-hybridized carbons (Fsp3) is 0.333. The van der Waals surface area contributed by atoms with Gasteiger partial charge in [0.05, 0.1) is 12.1 Å². The summed E-state index contributed by atoms with van der Waals surface area (Å²) in [5, 5.41) is 64.0. The molecule has 0 saturated carbocycles. The Morgan fingerprint density at radius 2 is 1.77 bits per heavy atom. The Labute approximate surface area is 205 Å². The number of aromatic hydroxyl groups is 3. The third-order valence-corrected chi connectivity index (χ3v) is 6.18. The molecule has 12 nitrogen and oxygen atoms in total. The van der Waals surface area contributed by atoms with Crippen molar-refractivity contribution < 1.29 is 44.5 Å². The van der Waals surface area contributed by atoms with Crippen molar-refractivity contribution in [2.45, 2.75) is 19.0 Å². The van der Waals surface area contributed by atoms with Gasteiger partial charge in [-0.05, 0) is 53.8 Å². The highest BCUT2D eigenvalue weighted by molar-refractivity contribution is 9.10. The van der Waals surface area contributed by atoms with Gasteiger partial charge in [-0.3, -0.25) is 0 Å². The molecule has 2 heterocycles. The standard InChI is InChI=1S/C21H22BrFN4O8/c22-14-17(28)15(23)16(19(30)18(14)29)27-20-10-5-13(35-21(31,32)33)12(6-11(10)25-8-26-20)34-7-9-1-3-24-4-2-9/h5-6,8-9,24,28-33H,1-4,7H2,(H,25,26,27). The fourth-order valence-corrected chi connectivity index (χ4v) is 4.01. The van der Waals surface area contributed by atoms with Gasteiger partial charge in [0, 0.05) is 11.5 Å². The van der Waals surface area contributed by atoms with Crippen molar-refractivity contribution in [1.82, 2.24) is 15.3 Å². The minimum absolute atomic E-state index is 0.0511. The number of fused-ring (bicyclic) bond motifs is 1. The number of hydrogen-bond donors (Lipinski definition) is 8. The first kappa shape index (κ1) is 24.9. The number of phenols is 3. The van der Waals surface area contributed by atoms with Gasteiger partial charge in [0.15, 0.2) is 34.6 Å². The third-order valence-electron chi connectivity index (χ3n) is 5.43. The molecule has 0 aliphatic carbocycles. The molecule has 35 heavy (non-hydrogen) atoms. The summed E-state index contributed by atoms with van der Waals surface area (Å²) >= 11 is 2.77. The van der Waals surface area contributed by atoms with E-state index < -0.39 is 39.4 Å². The van der Waals surface area contributed by atoms with Crippen LogP contribution in [0.4, 0.5) is 15.9 Å². The normalized spacial score (nSPS) is 14.8. The highest BCUT2D eigenvalue weighted by Crippen LogP contribution is 2.48. The molecule has 1 aromatic heterocycles. The van der Waals surface area contributed by atoms with E-state index in [0.717, 1.165) is 32.3 Å². The van der Waals surface area contributed by atoms with Crippen molar-refractivity contribution in [2.24, 2.45) is 5.92 Å². The van der Waals surface area contributed by atoms with Gasteiger partial charge in [0.25, 0.3) is 0 Å². The maximum atomic E-state index is 14.6. The molecule has 0 radical (unpaired) electrons. The van der Waals surface area contributed by atoms with Crippen LogP contribution in [-0.2, 0) is 0 Å². The topological polar surface area (TPSA) is 190 Å². The SMILES string of the molecule is Oc1c(O)c(Nc2ncnc3cc(OCC4CCNCC4)c(OC(O)(O)O)cc23)c(F)c(O)c1Br. The number of rotatable bonds is 7. The lowest BCUT2D eigenvalue weighted by molar-refractivity contribution is -0.419. The lowest BCUT2D eigenvalue weighted by atomic mass is 9.99. The molecule has 188 valence electrons. The average molecular weight is 557 g/mol. The average Bonchev–Trinajstić information content (AvgIpc) is 2.82. The van der Waals surface area contributed by atoms with Gasteiger partial charge in [-0.2, -0.15) is 0 Å². The van der Waals surface area contributed by atoms with Crippen LogP contribution in [0.2, 0.25) is 0 Å². The maximum Gasteiger partial charge on any atom is 0.453 e. The number of nitrogens with zero attached hydrogens (tertiary/aromatic N) is 2. The van der Waals surface area contributed by atoms with Crippen LogP contribution in [0.3, 0.4) is 0 Å². The zero-order valence-corrected chi connectivity index (χ0v) is 19.6. The predicted molar refractivity (Wildman–Crippen MR) is 123 cm³/mol. The summed E-state index contributed by atoms with van der Waals surface area (Å²) in [4.78, 5) is 8.11. The molecule has 4 rings (SSSR count). The molecule has 0 spiro atoms. The summed E-state index contributed by atoms with van der Waals surface area (Å²) in [6.45, 7) is 1.98. The van der Waals surface area contributed by atoms with Crippen molar-refractivity contribution >= 4 is 38.3 Å². The summed E-state index contributed by atoms with van der Waals surface area (Å²) in [5.41, 5.74) is -0.433. The van der Waals surface area contributed by atoms with Crippen molar-refractivity contribution in [2.75, 3.05) is 25.0 Å². The molecule has 14 heteroatoms. The van der Waals surface area contributed by atoms with Gasteiger partial charge in [-0.25, -0.2) is 14.4 Å². The molecule has 1 aliphatic heterocycles. The van der Waals surface area contributed by atoms with Crippen molar-refractivity contribution in [3.05, 3.63) is 28.7 Å². The first-order valence-electron chi connectivity index (χ1n) is 10.4. The van der Waals surface area contributed by atoms with E-state index in [4.69, 9.17) is 9.47 Å². The third kappa shape index (κ3) is 5.41. The van der Waals surface area contributed by atoms with E-state index in [1.165, 1.54) is 12.1 Å². The minimum atomic E-state index is -3.53. The Bertz CT molecular complexity index is 1220. The number of hydrogen-bond acceptors (Lipinski definition) is 12. The lowest BCUT2D eigenvalue weighted by Gasteiger charge is -2.24. The summed E-state index contributed by atoms with van der Waals surface area (Å²) in [6.07, 6.45) is -0.640. The summed E-state index contributed by atoms with van der Waals surface area (Å²) in [5.74, 6) is -4.06. The number of aromatic nitrogens is 2. The van der Waals surface area contributed by atoms with Crippen molar-refractivity contribution in [3.8, 4) is 28.7 Å². The lowest BCUT2D eigenvalue weighted by Crippen LogP contribution is -2.35. The number of halogens is 2. The molecular formula is C21H22BrFN4O8. The first-order valence-corrected chi connectivity index (χ1v) is 11.2. The summed E-state index contributed by atoms with van der Waals surface area (Å²) in [6, 6.07) is 2.61. The molecule has 2 aromatic carbocycles. The van der Waals surface area contributed by atoms with E-state index in [1.807, 2.05) is 0 Å². The molecule has 1 aliphatic rings. The van der Waals surface area contributed by atoms with E-state index in [1.54, 1.807) is 0 Å². The van der Waals surface area contributed by atoms with Gasteiger partial charge in [-0.15, -0.1) is 0 Å². The molecule has 1 fully saturated rings. The summed E-state index contributed by atoms with van der Waals surface area (Å²) < 4.78 is 24.8. The second kappa shape index (κ2) is 9.83.